The fourth-order valence-electron chi connectivity index (χ4n) is 1.59. The molecule has 1 aromatic rings. The van der Waals surface area contributed by atoms with Crippen molar-refractivity contribution in [2.24, 2.45) is 0 Å². The van der Waals surface area contributed by atoms with E-state index in [2.05, 4.69) is 5.32 Å². The third-order valence-corrected chi connectivity index (χ3v) is 2.58. The summed E-state index contributed by atoms with van der Waals surface area (Å²) in [6, 6.07) is 9.04. The van der Waals surface area contributed by atoms with Crippen LogP contribution in [0.5, 0.6) is 0 Å². The van der Waals surface area contributed by atoms with Crippen molar-refractivity contribution >= 4 is 11.8 Å². The quantitative estimate of drug-likeness (QED) is 0.801. The predicted molar refractivity (Wildman–Crippen MR) is 67.4 cm³/mol. The van der Waals surface area contributed by atoms with Crippen LogP contribution in [0, 0.1) is 0 Å². The first-order valence-corrected chi connectivity index (χ1v) is 5.67. The van der Waals surface area contributed by atoms with E-state index in [-0.39, 0.29) is 24.3 Å². The van der Waals surface area contributed by atoms with Crippen molar-refractivity contribution in [3.05, 3.63) is 35.9 Å². The molecular formula is C13H18N2O3. The SMILES string of the molecule is CON(C)C(=O)CC(NC(C)=O)c1ccccc1. The van der Waals surface area contributed by atoms with Gasteiger partial charge in [-0.2, -0.15) is 0 Å². The summed E-state index contributed by atoms with van der Waals surface area (Å²) in [5.41, 5.74) is 0.894. The van der Waals surface area contributed by atoms with E-state index in [0.717, 1.165) is 10.6 Å². The van der Waals surface area contributed by atoms with Crippen molar-refractivity contribution in [1.29, 1.82) is 0 Å². The lowest BCUT2D eigenvalue weighted by Gasteiger charge is -2.20. The van der Waals surface area contributed by atoms with E-state index in [9.17, 15) is 9.59 Å². The van der Waals surface area contributed by atoms with Crippen molar-refractivity contribution in [1.82, 2.24) is 10.4 Å². The Hall–Kier alpha value is -1.88. The Morgan fingerprint density at radius 1 is 1.33 bits per heavy atom. The normalized spacial score (nSPS) is 11.7. The zero-order valence-corrected chi connectivity index (χ0v) is 10.8. The Morgan fingerprint density at radius 2 is 1.94 bits per heavy atom. The van der Waals surface area contributed by atoms with Gasteiger partial charge in [0.15, 0.2) is 0 Å². The molecule has 1 rings (SSSR count). The number of hydroxylamine groups is 2. The zero-order valence-electron chi connectivity index (χ0n) is 10.8. The summed E-state index contributed by atoms with van der Waals surface area (Å²) in [7, 11) is 2.96. The van der Waals surface area contributed by atoms with Gasteiger partial charge in [-0.15, -0.1) is 0 Å². The third kappa shape index (κ3) is 4.18. The topological polar surface area (TPSA) is 58.6 Å². The lowest BCUT2D eigenvalue weighted by Crippen LogP contribution is -2.33. The molecule has 0 fully saturated rings. The van der Waals surface area contributed by atoms with Gasteiger partial charge in [-0.05, 0) is 5.56 Å². The minimum absolute atomic E-state index is 0.161. The van der Waals surface area contributed by atoms with Gasteiger partial charge < -0.3 is 5.32 Å². The van der Waals surface area contributed by atoms with Crippen molar-refractivity contribution in [3.63, 3.8) is 0 Å². The number of hydrogen-bond acceptors (Lipinski definition) is 3. The van der Waals surface area contributed by atoms with Gasteiger partial charge in [0.05, 0.1) is 19.6 Å². The largest absolute Gasteiger partial charge is 0.349 e. The van der Waals surface area contributed by atoms with Crippen LogP contribution >= 0.6 is 0 Å². The van der Waals surface area contributed by atoms with Crippen LogP contribution in [-0.2, 0) is 14.4 Å². The first-order valence-electron chi connectivity index (χ1n) is 5.67. The summed E-state index contributed by atoms with van der Waals surface area (Å²) < 4.78 is 0. The molecule has 0 aliphatic rings. The Morgan fingerprint density at radius 3 is 2.44 bits per heavy atom. The van der Waals surface area contributed by atoms with Crippen LogP contribution in [0.15, 0.2) is 30.3 Å². The molecule has 0 bridgehead atoms. The lowest BCUT2D eigenvalue weighted by molar-refractivity contribution is -0.169. The molecule has 0 aromatic heterocycles. The van der Waals surface area contributed by atoms with Gasteiger partial charge in [-0.1, -0.05) is 30.3 Å². The van der Waals surface area contributed by atoms with Gasteiger partial charge in [0.25, 0.3) is 0 Å². The number of benzene rings is 1. The number of rotatable bonds is 5. The summed E-state index contributed by atoms with van der Waals surface area (Å²) in [6.07, 6.45) is 0.161. The molecule has 1 aromatic carbocycles. The average Bonchev–Trinajstić information content (AvgIpc) is 2.37. The second kappa shape index (κ2) is 6.76. The zero-order chi connectivity index (χ0) is 13.5. The van der Waals surface area contributed by atoms with E-state index in [0.29, 0.717) is 0 Å². The number of hydrogen-bond donors (Lipinski definition) is 1. The molecule has 0 aliphatic heterocycles. The Kier molecular flexibility index (Phi) is 5.32. The fourth-order valence-corrected chi connectivity index (χ4v) is 1.59. The fraction of sp³-hybridized carbons (Fsp3) is 0.385. The van der Waals surface area contributed by atoms with Crippen molar-refractivity contribution in [2.75, 3.05) is 14.2 Å². The highest BCUT2D eigenvalue weighted by Crippen LogP contribution is 2.17. The van der Waals surface area contributed by atoms with Crippen molar-refractivity contribution in [2.45, 2.75) is 19.4 Å². The smallest absolute Gasteiger partial charge is 0.248 e. The lowest BCUT2D eigenvalue weighted by atomic mass is 10.0. The summed E-state index contributed by atoms with van der Waals surface area (Å²) in [6.45, 7) is 1.43. The Balaban J connectivity index is 2.80. The van der Waals surface area contributed by atoms with Gasteiger partial charge in [0.1, 0.15) is 0 Å². The summed E-state index contributed by atoms with van der Waals surface area (Å²) in [5, 5.41) is 3.91. The van der Waals surface area contributed by atoms with Crippen molar-refractivity contribution < 1.29 is 14.4 Å². The molecule has 1 atom stereocenters. The Bertz CT molecular complexity index is 406. The molecule has 0 saturated heterocycles. The molecule has 2 amide bonds. The second-order valence-corrected chi connectivity index (χ2v) is 3.94. The number of nitrogens with zero attached hydrogens (tertiary/aromatic N) is 1. The maximum atomic E-state index is 11.8. The van der Waals surface area contributed by atoms with E-state index >= 15 is 0 Å². The highest BCUT2D eigenvalue weighted by molar-refractivity contribution is 5.78. The van der Waals surface area contributed by atoms with Crippen LogP contribution in [0.4, 0.5) is 0 Å². The number of carbonyl (C=O) groups is 2. The summed E-state index contributed by atoms with van der Waals surface area (Å²) in [4.78, 5) is 27.8. The van der Waals surface area contributed by atoms with E-state index in [1.807, 2.05) is 30.3 Å². The van der Waals surface area contributed by atoms with Crippen LogP contribution in [0.25, 0.3) is 0 Å². The highest BCUT2D eigenvalue weighted by Gasteiger charge is 2.19. The van der Waals surface area contributed by atoms with Crippen LogP contribution in [0.1, 0.15) is 24.9 Å². The average molecular weight is 250 g/mol. The van der Waals surface area contributed by atoms with E-state index in [4.69, 9.17) is 4.84 Å². The molecule has 0 spiro atoms. The molecule has 5 nitrogen and oxygen atoms in total. The van der Waals surface area contributed by atoms with Gasteiger partial charge in [-0.3, -0.25) is 14.4 Å². The van der Waals surface area contributed by atoms with E-state index in [1.54, 1.807) is 0 Å². The monoisotopic (exact) mass is 250 g/mol. The summed E-state index contributed by atoms with van der Waals surface area (Å²) >= 11 is 0. The predicted octanol–water partition coefficient (Wildman–Crippen LogP) is 1.27. The van der Waals surface area contributed by atoms with Crippen LogP contribution < -0.4 is 5.32 Å². The van der Waals surface area contributed by atoms with Gasteiger partial charge in [-0.25, -0.2) is 5.06 Å². The van der Waals surface area contributed by atoms with Crippen molar-refractivity contribution in [3.8, 4) is 0 Å². The first kappa shape index (κ1) is 14.2. The van der Waals surface area contributed by atoms with E-state index < -0.39 is 0 Å². The molecule has 18 heavy (non-hydrogen) atoms. The molecule has 5 heteroatoms. The molecular weight excluding hydrogens is 232 g/mol. The highest BCUT2D eigenvalue weighted by atomic mass is 16.7. The first-order chi connectivity index (χ1) is 8.54. The van der Waals surface area contributed by atoms with Gasteiger partial charge in [0.2, 0.25) is 11.8 Å². The minimum Gasteiger partial charge on any atom is -0.349 e. The molecule has 0 radical (unpaired) electrons. The maximum absolute atomic E-state index is 11.8. The molecule has 0 aliphatic carbocycles. The third-order valence-electron chi connectivity index (χ3n) is 2.58. The molecule has 0 heterocycles. The summed E-state index contributed by atoms with van der Waals surface area (Å²) in [5.74, 6) is -0.364. The molecule has 98 valence electrons. The number of amides is 2. The van der Waals surface area contributed by atoms with Gasteiger partial charge >= 0.3 is 0 Å². The minimum atomic E-state index is -0.339. The van der Waals surface area contributed by atoms with Crippen LogP contribution in [0.2, 0.25) is 0 Å². The molecule has 0 saturated carbocycles. The van der Waals surface area contributed by atoms with Crippen LogP contribution in [0.3, 0.4) is 0 Å². The number of carbonyl (C=O) groups excluding carboxylic acids is 2. The maximum Gasteiger partial charge on any atom is 0.248 e. The molecule has 1 unspecified atom stereocenters. The van der Waals surface area contributed by atoms with Gasteiger partial charge in [0, 0.05) is 14.0 Å². The number of nitrogens with one attached hydrogen (secondary N) is 1. The van der Waals surface area contributed by atoms with E-state index in [1.165, 1.54) is 21.1 Å². The Labute approximate surface area is 107 Å². The second-order valence-electron chi connectivity index (χ2n) is 3.94. The standard InChI is InChI=1S/C13H18N2O3/c1-10(16)14-12(9-13(17)15(2)18-3)11-7-5-4-6-8-11/h4-8,12H,9H2,1-3H3,(H,14,16). The molecule has 1 N–H and O–H groups in total. The van der Waals surface area contributed by atoms with Crippen LogP contribution in [-0.4, -0.2) is 31.0 Å².